The second-order valence-electron chi connectivity index (χ2n) is 4.25. The summed E-state index contributed by atoms with van der Waals surface area (Å²) in [5.41, 5.74) is 7.09. The van der Waals surface area contributed by atoms with Gasteiger partial charge in [-0.05, 0) is 35.9 Å². The van der Waals surface area contributed by atoms with Crippen molar-refractivity contribution in [2.45, 2.75) is 6.61 Å². The molecular weight excluding hydrogens is 354 g/mol. The number of benzene rings is 2. The minimum absolute atomic E-state index is 0.0624. The maximum Gasteiger partial charge on any atom is 0.169 e. The average Bonchev–Trinajstić information content (AvgIpc) is 2.49. The van der Waals surface area contributed by atoms with E-state index >= 15 is 0 Å². The van der Waals surface area contributed by atoms with Crippen LogP contribution >= 0.6 is 28.1 Å². The van der Waals surface area contributed by atoms with Gasteiger partial charge in [0.25, 0.3) is 0 Å². The molecule has 2 rings (SSSR count). The number of nitrogens with two attached hydrogens (primary N) is 1. The molecule has 0 spiro atoms. The van der Waals surface area contributed by atoms with Crippen LogP contribution in [0.15, 0.2) is 40.9 Å². The predicted molar refractivity (Wildman–Crippen MR) is 89.0 cm³/mol. The third-order valence-electron chi connectivity index (χ3n) is 2.84. The molecule has 0 aliphatic heterocycles. The zero-order valence-electron chi connectivity index (χ0n) is 11.3. The lowest BCUT2D eigenvalue weighted by Crippen LogP contribution is -2.10. The zero-order valence-corrected chi connectivity index (χ0v) is 13.7. The van der Waals surface area contributed by atoms with Crippen LogP contribution in [0.5, 0.6) is 17.2 Å². The van der Waals surface area contributed by atoms with Crippen LogP contribution in [0.4, 0.5) is 0 Å². The predicted octanol–water partition coefficient (Wildman–Crippen LogP) is 3.38. The first kappa shape index (κ1) is 15.8. The first-order chi connectivity index (χ1) is 10.0. The molecule has 0 heterocycles. The summed E-state index contributed by atoms with van der Waals surface area (Å²) in [6, 6.07) is 10.6. The number of methoxy groups -OCH3 is 1. The molecule has 110 valence electrons. The maximum absolute atomic E-state index is 9.15. The molecule has 0 aliphatic rings. The van der Waals surface area contributed by atoms with Gasteiger partial charge in [-0.15, -0.1) is 0 Å². The molecule has 0 amide bonds. The van der Waals surface area contributed by atoms with Crippen LogP contribution in [0.2, 0.25) is 0 Å². The van der Waals surface area contributed by atoms with Gasteiger partial charge in [0.15, 0.2) is 11.5 Å². The summed E-state index contributed by atoms with van der Waals surface area (Å²) < 4.78 is 12.0. The number of aliphatic hydroxyl groups is 1. The molecule has 0 saturated carbocycles. The summed E-state index contributed by atoms with van der Waals surface area (Å²) >= 11 is 8.41. The van der Waals surface area contributed by atoms with E-state index < -0.39 is 0 Å². The van der Waals surface area contributed by atoms with Crippen molar-refractivity contribution in [3.63, 3.8) is 0 Å². The minimum Gasteiger partial charge on any atom is -0.493 e. The molecule has 0 unspecified atom stereocenters. The quantitative estimate of drug-likeness (QED) is 0.793. The summed E-state index contributed by atoms with van der Waals surface area (Å²) in [7, 11) is 1.54. The SMILES string of the molecule is COc1cc(CO)ccc1Oc1ccc(Br)cc1C(N)=S. The fourth-order valence-electron chi connectivity index (χ4n) is 1.80. The van der Waals surface area contributed by atoms with Crippen LogP contribution in [-0.4, -0.2) is 17.2 Å². The normalized spacial score (nSPS) is 10.2. The molecular formula is C15H14BrNO3S. The number of rotatable bonds is 5. The molecule has 0 aliphatic carbocycles. The summed E-state index contributed by atoms with van der Waals surface area (Å²) in [6.07, 6.45) is 0. The third-order valence-corrected chi connectivity index (χ3v) is 3.55. The van der Waals surface area contributed by atoms with Gasteiger partial charge in [0.05, 0.1) is 19.3 Å². The summed E-state index contributed by atoms with van der Waals surface area (Å²) in [6.45, 7) is -0.0624. The van der Waals surface area contributed by atoms with E-state index in [0.717, 1.165) is 10.0 Å². The molecule has 3 N–H and O–H groups in total. The highest BCUT2D eigenvalue weighted by atomic mass is 79.9. The summed E-state index contributed by atoms with van der Waals surface area (Å²) in [4.78, 5) is 0.247. The Balaban J connectivity index is 2.40. The Labute approximate surface area is 136 Å². The molecule has 0 atom stereocenters. The zero-order chi connectivity index (χ0) is 15.4. The van der Waals surface area contributed by atoms with Crippen molar-refractivity contribution in [1.29, 1.82) is 0 Å². The highest BCUT2D eigenvalue weighted by Crippen LogP contribution is 2.34. The molecule has 6 heteroatoms. The number of aliphatic hydroxyl groups excluding tert-OH is 1. The number of hydrogen-bond donors (Lipinski definition) is 2. The monoisotopic (exact) mass is 367 g/mol. The van der Waals surface area contributed by atoms with Crippen molar-refractivity contribution in [2.75, 3.05) is 7.11 Å². The lowest BCUT2D eigenvalue weighted by molar-refractivity contribution is 0.280. The van der Waals surface area contributed by atoms with Crippen molar-refractivity contribution in [1.82, 2.24) is 0 Å². The Hall–Kier alpha value is -1.63. The van der Waals surface area contributed by atoms with Crippen molar-refractivity contribution in [2.24, 2.45) is 5.73 Å². The number of hydrogen-bond acceptors (Lipinski definition) is 4. The van der Waals surface area contributed by atoms with Gasteiger partial charge in [-0.25, -0.2) is 0 Å². The fourth-order valence-corrected chi connectivity index (χ4v) is 2.32. The first-order valence-corrected chi connectivity index (χ1v) is 7.30. The van der Waals surface area contributed by atoms with E-state index in [1.165, 1.54) is 0 Å². The van der Waals surface area contributed by atoms with Gasteiger partial charge in [-0.2, -0.15) is 0 Å². The van der Waals surface area contributed by atoms with Gasteiger partial charge < -0.3 is 20.3 Å². The van der Waals surface area contributed by atoms with Gasteiger partial charge in [0, 0.05) is 4.47 Å². The van der Waals surface area contributed by atoms with Crippen LogP contribution in [0.1, 0.15) is 11.1 Å². The van der Waals surface area contributed by atoms with E-state index in [2.05, 4.69) is 15.9 Å². The van der Waals surface area contributed by atoms with Crippen LogP contribution in [0.3, 0.4) is 0 Å². The Bertz CT molecular complexity index is 676. The van der Waals surface area contributed by atoms with Gasteiger partial charge in [0.2, 0.25) is 0 Å². The molecule has 4 nitrogen and oxygen atoms in total. The average molecular weight is 368 g/mol. The molecule has 2 aromatic carbocycles. The second-order valence-corrected chi connectivity index (χ2v) is 5.61. The Morgan fingerprint density at radius 2 is 1.90 bits per heavy atom. The Kier molecular flexibility index (Phi) is 5.17. The summed E-state index contributed by atoms with van der Waals surface area (Å²) in [5.74, 6) is 1.59. The van der Waals surface area contributed by atoms with Crippen LogP contribution < -0.4 is 15.2 Å². The smallest absolute Gasteiger partial charge is 0.169 e. The Morgan fingerprint density at radius 3 is 2.52 bits per heavy atom. The molecule has 0 fully saturated rings. The van der Waals surface area contributed by atoms with Crippen molar-refractivity contribution in [3.05, 3.63) is 52.0 Å². The lowest BCUT2D eigenvalue weighted by Gasteiger charge is -2.14. The molecule has 0 aromatic heterocycles. The minimum atomic E-state index is -0.0624. The van der Waals surface area contributed by atoms with Crippen LogP contribution in [-0.2, 0) is 6.61 Å². The van der Waals surface area contributed by atoms with Crippen LogP contribution in [0.25, 0.3) is 0 Å². The van der Waals surface area contributed by atoms with E-state index in [4.69, 9.17) is 32.5 Å². The van der Waals surface area contributed by atoms with Crippen molar-refractivity contribution >= 4 is 33.1 Å². The van der Waals surface area contributed by atoms with Gasteiger partial charge in [-0.3, -0.25) is 0 Å². The highest BCUT2D eigenvalue weighted by Gasteiger charge is 2.12. The Morgan fingerprint density at radius 1 is 1.19 bits per heavy atom. The molecule has 0 radical (unpaired) electrons. The summed E-state index contributed by atoms with van der Waals surface area (Å²) in [5, 5.41) is 9.15. The van der Waals surface area contributed by atoms with E-state index in [1.54, 1.807) is 37.4 Å². The van der Waals surface area contributed by atoms with E-state index in [9.17, 15) is 0 Å². The molecule has 2 aromatic rings. The first-order valence-electron chi connectivity index (χ1n) is 6.10. The largest absolute Gasteiger partial charge is 0.493 e. The molecule has 0 bridgehead atoms. The maximum atomic E-state index is 9.15. The number of ether oxygens (including phenoxy) is 2. The second kappa shape index (κ2) is 6.89. The topological polar surface area (TPSA) is 64.7 Å². The van der Waals surface area contributed by atoms with E-state index in [-0.39, 0.29) is 11.6 Å². The van der Waals surface area contributed by atoms with E-state index in [1.807, 2.05) is 6.07 Å². The molecule has 0 saturated heterocycles. The lowest BCUT2D eigenvalue weighted by atomic mass is 10.2. The van der Waals surface area contributed by atoms with Gasteiger partial charge in [0.1, 0.15) is 10.7 Å². The van der Waals surface area contributed by atoms with Crippen molar-refractivity contribution < 1.29 is 14.6 Å². The fraction of sp³-hybridized carbons (Fsp3) is 0.133. The highest BCUT2D eigenvalue weighted by molar-refractivity contribution is 9.10. The van der Waals surface area contributed by atoms with E-state index in [0.29, 0.717) is 22.8 Å². The molecule has 21 heavy (non-hydrogen) atoms. The third kappa shape index (κ3) is 3.72. The van der Waals surface area contributed by atoms with Crippen molar-refractivity contribution in [3.8, 4) is 17.2 Å². The van der Waals surface area contributed by atoms with Gasteiger partial charge >= 0.3 is 0 Å². The number of thiocarbonyl (C=S) groups is 1. The standard InChI is InChI=1S/C15H14BrNO3S/c1-19-14-6-9(8-18)2-4-13(14)20-12-5-3-10(16)7-11(12)15(17)21/h2-7,18H,8H2,1H3,(H2,17,21). The van der Waals surface area contributed by atoms with Gasteiger partial charge in [-0.1, -0.05) is 34.2 Å². The number of halogens is 1. The van der Waals surface area contributed by atoms with Crippen LogP contribution in [0, 0.1) is 0 Å².